The van der Waals surface area contributed by atoms with Gasteiger partial charge in [0.25, 0.3) is 0 Å². The third-order valence-corrected chi connectivity index (χ3v) is 3.31. The molecule has 0 saturated heterocycles. The number of nitrogens with two attached hydrogens (primary N) is 1. The first-order valence-electron chi connectivity index (χ1n) is 5.84. The Morgan fingerprint density at radius 3 is 2.89 bits per heavy atom. The summed E-state index contributed by atoms with van der Waals surface area (Å²) in [5.74, 6) is -0.365. The molecule has 1 amide bonds. The summed E-state index contributed by atoms with van der Waals surface area (Å²) >= 11 is 3.06. The number of hydrogen-bond acceptors (Lipinski definition) is 3. The smallest absolute Gasteiger partial charge is 0.221 e. The first-order valence-corrected chi connectivity index (χ1v) is 6.63. The number of rotatable bonds is 5. The largest absolute Gasteiger partial charge is 0.397 e. The summed E-state index contributed by atoms with van der Waals surface area (Å²) < 4.78 is 13.6. The molecule has 0 atom stereocenters. The minimum Gasteiger partial charge on any atom is -0.397 e. The van der Waals surface area contributed by atoms with E-state index in [-0.39, 0.29) is 11.7 Å². The van der Waals surface area contributed by atoms with Crippen LogP contribution in [-0.2, 0) is 4.79 Å². The van der Waals surface area contributed by atoms with Crippen LogP contribution in [0, 0.1) is 5.82 Å². The molecule has 0 aliphatic heterocycles. The van der Waals surface area contributed by atoms with E-state index in [1.54, 1.807) is 0 Å². The molecular weight excluding hydrogens is 301 g/mol. The number of anilines is 2. The van der Waals surface area contributed by atoms with Crippen LogP contribution in [0.25, 0.3) is 0 Å². The van der Waals surface area contributed by atoms with E-state index in [1.807, 2.05) is 0 Å². The van der Waals surface area contributed by atoms with Gasteiger partial charge in [-0.25, -0.2) is 4.39 Å². The van der Waals surface area contributed by atoms with Crippen LogP contribution in [0.15, 0.2) is 16.6 Å². The van der Waals surface area contributed by atoms with Gasteiger partial charge in [0.15, 0.2) is 0 Å². The van der Waals surface area contributed by atoms with E-state index in [2.05, 4.69) is 26.6 Å². The third-order valence-electron chi connectivity index (χ3n) is 2.70. The summed E-state index contributed by atoms with van der Waals surface area (Å²) in [5, 5.41) is 5.84. The zero-order chi connectivity index (χ0) is 13.1. The number of carbonyl (C=O) groups excluding carboxylic acids is 1. The van der Waals surface area contributed by atoms with Crippen molar-refractivity contribution in [2.45, 2.75) is 25.3 Å². The highest BCUT2D eigenvalue weighted by molar-refractivity contribution is 9.10. The van der Waals surface area contributed by atoms with E-state index in [4.69, 9.17) is 5.73 Å². The Hall–Kier alpha value is -1.30. The molecule has 1 aromatic rings. The first-order chi connectivity index (χ1) is 8.56. The lowest BCUT2D eigenvalue weighted by Crippen LogP contribution is -2.27. The quantitative estimate of drug-likeness (QED) is 0.730. The van der Waals surface area contributed by atoms with Crippen molar-refractivity contribution in [1.29, 1.82) is 0 Å². The van der Waals surface area contributed by atoms with Crippen LogP contribution in [0.5, 0.6) is 0 Å². The topological polar surface area (TPSA) is 67.1 Å². The highest BCUT2D eigenvalue weighted by atomic mass is 79.9. The first kappa shape index (κ1) is 13.1. The van der Waals surface area contributed by atoms with E-state index in [1.165, 1.54) is 12.1 Å². The minimum atomic E-state index is -0.380. The van der Waals surface area contributed by atoms with Gasteiger partial charge >= 0.3 is 0 Å². The summed E-state index contributed by atoms with van der Waals surface area (Å²) in [6.07, 6.45) is 2.50. The monoisotopic (exact) mass is 315 g/mol. The molecule has 6 heteroatoms. The molecule has 4 nitrogen and oxygen atoms in total. The molecule has 1 saturated carbocycles. The van der Waals surface area contributed by atoms with Crippen molar-refractivity contribution >= 4 is 33.2 Å². The third kappa shape index (κ3) is 3.60. The number of nitrogen functional groups attached to an aromatic ring is 1. The van der Waals surface area contributed by atoms with Crippen molar-refractivity contribution in [3.8, 4) is 0 Å². The Labute approximate surface area is 113 Å². The number of hydrogen-bond donors (Lipinski definition) is 3. The number of benzene rings is 1. The van der Waals surface area contributed by atoms with Crippen LogP contribution in [0.1, 0.15) is 19.3 Å². The van der Waals surface area contributed by atoms with Crippen LogP contribution in [-0.4, -0.2) is 18.5 Å². The zero-order valence-corrected chi connectivity index (χ0v) is 11.4. The average molecular weight is 316 g/mol. The second-order valence-corrected chi connectivity index (χ2v) is 5.23. The molecule has 0 spiro atoms. The van der Waals surface area contributed by atoms with E-state index < -0.39 is 0 Å². The molecule has 1 fully saturated rings. The van der Waals surface area contributed by atoms with Crippen molar-refractivity contribution in [3.05, 3.63) is 22.4 Å². The lowest BCUT2D eigenvalue weighted by atomic mass is 10.2. The Balaban J connectivity index is 1.82. The number of carbonyl (C=O) groups is 1. The minimum absolute atomic E-state index is 0.0150. The number of amides is 1. The lowest BCUT2D eigenvalue weighted by Gasteiger charge is -2.10. The summed E-state index contributed by atoms with van der Waals surface area (Å²) in [7, 11) is 0. The van der Waals surface area contributed by atoms with E-state index in [0.717, 1.165) is 12.8 Å². The maximum atomic E-state index is 13.3. The van der Waals surface area contributed by atoms with E-state index in [9.17, 15) is 9.18 Å². The van der Waals surface area contributed by atoms with Crippen molar-refractivity contribution in [3.63, 3.8) is 0 Å². The zero-order valence-electron chi connectivity index (χ0n) is 9.80. The van der Waals surface area contributed by atoms with Gasteiger partial charge in [-0.3, -0.25) is 4.79 Å². The molecule has 1 aromatic carbocycles. The molecule has 4 N–H and O–H groups in total. The fraction of sp³-hybridized carbons (Fsp3) is 0.417. The predicted molar refractivity (Wildman–Crippen MR) is 72.8 cm³/mol. The summed E-state index contributed by atoms with van der Waals surface area (Å²) in [6.45, 7) is 0.434. The molecule has 0 aromatic heterocycles. The lowest BCUT2D eigenvalue weighted by molar-refractivity contribution is -0.120. The molecule has 2 rings (SSSR count). The highest BCUT2D eigenvalue weighted by Crippen LogP contribution is 2.26. The predicted octanol–water partition coefficient (Wildman–Crippen LogP) is 2.25. The van der Waals surface area contributed by atoms with Gasteiger partial charge in [0.05, 0.1) is 15.8 Å². The second kappa shape index (κ2) is 5.56. The van der Waals surface area contributed by atoms with Gasteiger partial charge in [-0.1, -0.05) is 0 Å². The van der Waals surface area contributed by atoms with Crippen LogP contribution in [0.4, 0.5) is 15.8 Å². The molecule has 1 aliphatic rings. The van der Waals surface area contributed by atoms with Crippen molar-refractivity contribution in [1.82, 2.24) is 5.32 Å². The Bertz CT molecular complexity index is 463. The number of halogens is 2. The van der Waals surface area contributed by atoms with Crippen LogP contribution in [0.3, 0.4) is 0 Å². The van der Waals surface area contributed by atoms with Crippen molar-refractivity contribution in [2.75, 3.05) is 17.6 Å². The highest BCUT2D eigenvalue weighted by Gasteiger charge is 2.22. The molecule has 1 aliphatic carbocycles. The van der Waals surface area contributed by atoms with Gasteiger partial charge < -0.3 is 16.4 Å². The van der Waals surface area contributed by atoms with Gasteiger partial charge in [0, 0.05) is 25.1 Å². The molecule has 0 radical (unpaired) electrons. The van der Waals surface area contributed by atoms with Crippen LogP contribution in [0.2, 0.25) is 0 Å². The Kier molecular flexibility index (Phi) is 4.06. The maximum Gasteiger partial charge on any atom is 0.221 e. The fourth-order valence-corrected chi connectivity index (χ4v) is 1.91. The van der Waals surface area contributed by atoms with Crippen molar-refractivity contribution in [2.24, 2.45) is 0 Å². The van der Waals surface area contributed by atoms with Crippen molar-refractivity contribution < 1.29 is 9.18 Å². The van der Waals surface area contributed by atoms with Gasteiger partial charge in [0.2, 0.25) is 5.91 Å². The summed E-state index contributed by atoms with van der Waals surface area (Å²) in [6, 6.07) is 3.19. The molecule has 98 valence electrons. The van der Waals surface area contributed by atoms with E-state index in [0.29, 0.717) is 34.9 Å². The van der Waals surface area contributed by atoms with E-state index >= 15 is 0 Å². The van der Waals surface area contributed by atoms with Gasteiger partial charge in [-0.2, -0.15) is 0 Å². The standard InChI is InChI=1S/C12H15BrFN3O/c13-8-5-10(15)11(6-9(8)14)16-4-3-12(18)17-7-1-2-7/h5-7,16H,1-4,15H2,(H,17,18). The Morgan fingerprint density at radius 1 is 1.50 bits per heavy atom. The fourth-order valence-electron chi connectivity index (χ4n) is 1.55. The number of nitrogens with one attached hydrogen (secondary N) is 2. The normalized spacial score (nSPS) is 14.3. The molecule has 0 heterocycles. The SMILES string of the molecule is Nc1cc(Br)c(F)cc1NCCC(=O)NC1CC1. The molecule has 0 unspecified atom stereocenters. The average Bonchev–Trinajstić information content (AvgIpc) is 3.09. The van der Waals surface area contributed by atoms with Gasteiger partial charge in [-0.15, -0.1) is 0 Å². The second-order valence-electron chi connectivity index (χ2n) is 4.37. The molecular formula is C12H15BrFN3O. The Morgan fingerprint density at radius 2 is 2.22 bits per heavy atom. The van der Waals surface area contributed by atoms with Crippen LogP contribution >= 0.6 is 15.9 Å². The molecule has 18 heavy (non-hydrogen) atoms. The summed E-state index contributed by atoms with van der Waals surface area (Å²) in [5.41, 5.74) is 6.70. The summed E-state index contributed by atoms with van der Waals surface area (Å²) in [4.78, 5) is 11.4. The van der Waals surface area contributed by atoms with Gasteiger partial charge in [0.1, 0.15) is 5.82 Å². The maximum absolute atomic E-state index is 13.3. The molecule has 0 bridgehead atoms. The van der Waals surface area contributed by atoms with Gasteiger partial charge in [-0.05, 0) is 34.8 Å². The van der Waals surface area contributed by atoms with Crippen LogP contribution < -0.4 is 16.4 Å².